The molecule has 3 aromatic rings. The largest absolute Gasteiger partial charge is 0.385 e. The Morgan fingerprint density at radius 1 is 0.778 bits per heavy atom. The molecule has 1 aliphatic rings. The van der Waals surface area contributed by atoms with Gasteiger partial charge in [-0.25, -0.2) is 4.39 Å². The maximum atomic E-state index is 14.6. The molecule has 1 N–H and O–H groups in total. The van der Waals surface area contributed by atoms with Gasteiger partial charge in [-0.2, -0.15) is 0 Å². The minimum absolute atomic E-state index is 0.146. The van der Waals surface area contributed by atoms with Gasteiger partial charge in [0.2, 0.25) is 0 Å². The zero-order valence-corrected chi connectivity index (χ0v) is 15.3. The van der Waals surface area contributed by atoms with Crippen LogP contribution in [0, 0.1) is 5.82 Å². The molecule has 1 saturated heterocycles. The van der Waals surface area contributed by atoms with Crippen LogP contribution in [-0.4, -0.2) is 23.1 Å². The first-order valence-corrected chi connectivity index (χ1v) is 9.49. The van der Waals surface area contributed by atoms with Crippen LogP contribution in [0.2, 0.25) is 0 Å². The molecule has 0 bridgehead atoms. The van der Waals surface area contributed by atoms with Gasteiger partial charge in [-0.1, -0.05) is 78.9 Å². The number of benzene rings is 3. The maximum Gasteiger partial charge on any atom is 0.128 e. The van der Waals surface area contributed by atoms with Crippen molar-refractivity contribution < 1.29 is 9.50 Å². The third-order valence-corrected chi connectivity index (χ3v) is 5.62. The molecule has 0 radical (unpaired) electrons. The number of rotatable bonds is 4. The van der Waals surface area contributed by atoms with Crippen LogP contribution in [0.5, 0.6) is 0 Å². The van der Waals surface area contributed by atoms with Crippen molar-refractivity contribution >= 4 is 0 Å². The smallest absolute Gasteiger partial charge is 0.128 e. The molecule has 4 rings (SSSR count). The summed E-state index contributed by atoms with van der Waals surface area (Å²) >= 11 is 0. The third-order valence-electron chi connectivity index (χ3n) is 5.62. The zero-order chi connectivity index (χ0) is 18.7. The molecule has 3 heteroatoms. The maximum absolute atomic E-state index is 14.6. The molecule has 1 unspecified atom stereocenters. The summed E-state index contributed by atoms with van der Waals surface area (Å²) in [5.74, 6) is -0.185. The normalized spacial score (nSPS) is 18.1. The summed E-state index contributed by atoms with van der Waals surface area (Å²) in [4.78, 5) is 2.28. The van der Waals surface area contributed by atoms with Crippen LogP contribution in [0.15, 0.2) is 84.9 Å². The second-order valence-corrected chi connectivity index (χ2v) is 7.27. The first kappa shape index (κ1) is 17.9. The molecule has 138 valence electrons. The minimum atomic E-state index is -0.811. The van der Waals surface area contributed by atoms with Gasteiger partial charge in [0.1, 0.15) is 5.82 Å². The second kappa shape index (κ2) is 7.63. The first-order chi connectivity index (χ1) is 13.2. The number of halogens is 1. The summed E-state index contributed by atoms with van der Waals surface area (Å²) in [6, 6.07) is 26.8. The second-order valence-electron chi connectivity index (χ2n) is 7.27. The van der Waals surface area contributed by atoms with E-state index in [1.54, 1.807) is 6.07 Å². The van der Waals surface area contributed by atoms with Crippen LogP contribution in [0.4, 0.5) is 4.39 Å². The number of hydrogen-bond donors (Lipinski definition) is 1. The Kier molecular flexibility index (Phi) is 5.06. The van der Waals surface area contributed by atoms with E-state index in [2.05, 4.69) is 17.0 Å². The molecule has 1 atom stereocenters. The van der Waals surface area contributed by atoms with Crippen molar-refractivity contribution in [2.45, 2.75) is 24.5 Å². The van der Waals surface area contributed by atoms with E-state index in [-0.39, 0.29) is 11.9 Å². The number of piperidine rings is 1. The fourth-order valence-corrected chi connectivity index (χ4v) is 4.11. The van der Waals surface area contributed by atoms with Gasteiger partial charge >= 0.3 is 0 Å². The van der Waals surface area contributed by atoms with Crippen LogP contribution in [0.1, 0.15) is 35.6 Å². The number of likely N-dealkylation sites (tertiary alicyclic amines) is 1. The van der Waals surface area contributed by atoms with Crippen molar-refractivity contribution in [2.75, 3.05) is 13.1 Å². The van der Waals surface area contributed by atoms with E-state index in [0.29, 0.717) is 31.5 Å². The minimum Gasteiger partial charge on any atom is -0.385 e. The summed E-state index contributed by atoms with van der Waals surface area (Å²) in [6.45, 7) is 1.42. The molecule has 0 amide bonds. The molecule has 27 heavy (non-hydrogen) atoms. The lowest BCUT2D eigenvalue weighted by Crippen LogP contribution is -2.44. The average Bonchev–Trinajstić information content (AvgIpc) is 2.73. The van der Waals surface area contributed by atoms with E-state index < -0.39 is 5.60 Å². The molecule has 1 fully saturated rings. The molecular formula is C24H24FNO. The Hall–Kier alpha value is -2.49. The molecule has 0 saturated carbocycles. The molecule has 2 nitrogen and oxygen atoms in total. The third kappa shape index (κ3) is 3.66. The predicted octanol–water partition coefficient (Wildman–Crippen LogP) is 4.90. The van der Waals surface area contributed by atoms with Crippen LogP contribution in [-0.2, 0) is 5.60 Å². The van der Waals surface area contributed by atoms with Gasteiger partial charge in [0.05, 0.1) is 11.6 Å². The number of nitrogens with zero attached hydrogens (tertiary/aromatic N) is 1. The highest BCUT2D eigenvalue weighted by Gasteiger charge is 2.37. The summed E-state index contributed by atoms with van der Waals surface area (Å²) in [6.07, 6.45) is 1.27. The van der Waals surface area contributed by atoms with Crippen LogP contribution >= 0.6 is 0 Å². The summed E-state index contributed by atoms with van der Waals surface area (Å²) in [5.41, 5.74) is 1.92. The molecule has 0 aromatic heterocycles. The predicted molar refractivity (Wildman–Crippen MR) is 106 cm³/mol. The average molecular weight is 361 g/mol. The topological polar surface area (TPSA) is 23.5 Å². The van der Waals surface area contributed by atoms with Crippen molar-refractivity contribution in [3.63, 3.8) is 0 Å². The lowest BCUT2D eigenvalue weighted by Gasteiger charge is -2.42. The Balaban J connectivity index is 1.62. The van der Waals surface area contributed by atoms with E-state index in [4.69, 9.17) is 0 Å². The standard InChI is InChI=1S/C24H24FNO/c25-22-14-8-7-13-21(22)23(19-9-3-1-4-10-19)26-17-15-24(27,16-18-26)20-11-5-2-6-12-20/h1-14,23,27H,15-18H2. The summed E-state index contributed by atoms with van der Waals surface area (Å²) in [7, 11) is 0. The molecule has 0 aliphatic carbocycles. The lowest BCUT2D eigenvalue weighted by atomic mass is 9.83. The summed E-state index contributed by atoms with van der Waals surface area (Å²) in [5, 5.41) is 11.1. The fraction of sp³-hybridized carbons (Fsp3) is 0.250. The van der Waals surface area contributed by atoms with Gasteiger partial charge in [0, 0.05) is 18.7 Å². The van der Waals surface area contributed by atoms with Gasteiger partial charge in [-0.15, -0.1) is 0 Å². The SMILES string of the molecule is OC1(c2ccccc2)CCN(C(c2ccccc2)c2ccccc2F)CC1. The molecular weight excluding hydrogens is 337 g/mol. The van der Waals surface area contributed by atoms with Gasteiger partial charge in [-0.05, 0) is 30.0 Å². The molecule has 1 heterocycles. The van der Waals surface area contributed by atoms with Gasteiger partial charge in [0.25, 0.3) is 0 Å². The highest BCUT2D eigenvalue weighted by molar-refractivity contribution is 5.33. The fourth-order valence-electron chi connectivity index (χ4n) is 4.11. The highest BCUT2D eigenvalue weighted by atomic mass is 19.1. The lowest BCUT2D eigenvalue weighted by molar-refractivity contribution is -0.0327. The van der Waals surface area contributed by atoms with Crippen molar-refractivity contribution in [2.24, 2.45) is 0 Å². The van der Waals surface area contributed by atoms with E-state index in [0.717, 1.165) is 11.1 Å². The van der Waals surface area contributed by atoms with Crippen LogP contribution in [0.3, 0.4) is 0 Å². The van der Waals surface area contributed by atoms with E-state index in [9.17, 15) is 9.50 Å². The van der Waals surface area contributed by atoms with Gasteiger partial charge in [0.15, 0.2) is 0 Å². The van der Waals surface area contributed by atoms with E-state index in [1.165, 1.54) is 6.07 Å². The monoisotopic (exact) mass is 361 g/mol. The number of hydrogen-bond acceptors (Lipinski definition) is 2. The Morgan fingerprint density at radius 3 is 1.96 bits per heavy atom. The Bertz CT molecular complexity index is 873. The summed E-state index contributed by atoms with van der Waals surface area (Å²) < 4.78 is 14.6. The highest BCUT2D eigenvalue weighted by Crippen LogP contribution is 2.38. The molecule has 0 spiro atoms. The zero-order valence-electron chi connectivity index (χ0n) is 15.3. The molecule has 1 aliphatic heterocycles. The van der Waals surface area contributed by atoms with Crippen molar-refractivity contribution in [3.05, 3.63) is 107 Å². The van der Waals surface area contributed by atoms with Crippen LogP contribution < -0.4 is 0 Å². The van der Waals surface area contributed by atoms with Crippen molar-refractivity contribution in [1.82, 2.24) is 4.90 Å². The van der Waals surface area contributed by atoms with Crippen LogP contribution in [0.25, 0.3) is 0 Å². The van der Waals surface area contributed by atoms with Crippen molar-refractivity contribution in [3.8, 4) is 0 Å². The molecule has 3 aromatic carbocycles. The number of aliphatic hydroxyl groups is 1. The quantitative estimate of drug-likeness (QED) is 0.714. The Morgan fingerprint density at radius 2 is 1.33 bits per heavy atom. The van der Waals surface area contributed by atoms with Crippen molar-refractivity contribution in [1.29, 1.82) is 0 Å². The van der Waals surface area contributed by atoms with E-state index >= 15 is 0 Å². The Labute approximate surface area is 159 Å². The van der Waals surface area contributed by atoms with E-state index in [1.807, 2.05) is 60.7 Å². The first-order valence-electron chi connectivity index (χ1n) is 9.49. The van der Waals surface area contributed by atoms with Gasteiger partial charge in [-0.3, -0.25) is 4.90 Å². The van der Waals surface area contributed by atoms with Gasteiger partial charge < -0.3 is 5.11 Å².